The van der Waals surface area contributed by atoms with Crippen LogP contribution in [0.25, 0.3) is 5.57 Å². The first kappa shape index (κ1) is 17.6. The highest BCUT2D eigenvalue weighted by Gasteiger charge is 2.32. The lowest BCUT2D eigenvalue weighted by molar-refractivity contribution is -0.306. The molecule has 0 amide bonds. The Morgan fingerprint density at radius 1 is 1.24 bits per heavy atom. The van der Waals surface area contributed by atoms with E-state index in [1.165, 1.54) is 17.4 Å². The molecule has 0 saturated heterocycles. The molecule has 118 valence electrons. The Kier molecular flexibility index (Phi) is 6.33. The van der Waals surface area contributed by atoms with Crippen molar-refractivity contribution in [2.75, 3.05) is 0 Å². The standard InChI is InChI=1S/C13H13F3O2S.C2H6/c1-2-8-7-19-12(11(8)17)9-3-5-10(6-4-9)18-13(14,15)16;1-2/h3,5,7,17H,2,4,6H2,1H3;1-2H3. The molecule has 0 radical (unpaired) electrons. The number of aromatic hydroxyl groups is 1. The molecule has 2 nitrogen and oxygen atoms in total. The summed E-state index contributed by atoms with van der Waals surface area (Å²) in [7, 11) is 0. The summed E-state index contributed by atoms with van der Waals surface area (Å²) in [5, 5.41) is 11.8. The van der Waals surface area contributed by atoms with E-state index in [0.717, 1.165) is 22.4 Å². The van der Waals surface area contributed by atoms with Gasteiger partial charge in [0.1, 0.15) is 11.5 Å². The Morgan fingerprint density at radius 2 is 1.90 bits per heavy atom. The number of halogens is 3. The Labute approximate surface area is 126 Å². The topological polar surface area (TPSA) is 29.5 Å². The van der Waals surface area contributed by atoms with Crippen LogP contribution in [-0.4, -0.2) is 11.5 Å². The second kappa shape index (κ2) is 7.54. The summed E-state index contributed by atoms with van der Waals surface area (Å²) in [6, 6.07) is 0. The number of aryl methyl sites for hydroxylation is 1. The van der Waals surface area contributed by atoms with Gasteiger partial charge >= 0.3 is 6.36 Å². The van der Waals surface area contributed by atoms with Crippen LogP contribution in [0.5, 0.6) is 5.75 Å². The molecular weight excluding hydrogens is 301 g/mol. The van der Waals surface area contributed by atoms with Crippen LogP contribution in [0, 0.1) is 0 Å². The van der Waals surface area contributed by atoms with Gasteiger partial charge in [0.2, 0.25) is 0 Å². The third-order valence-corrected chi connectivity index (χ3v) is 3.96. The largest absolute Gasteiger partial charge is 0.572 e. The van der Waals surface area contributed by atoms with Crippen molar-refractivity contribution in [1.82, 2.24) is 0 Å². The minimum Gasteiger partial charge on any atom is -0.506 e. The van der Waals surface area contributed by atoms with Crippen molar-refractivity contribution in [3.63, 3.8) is 0 Å². The molecule has 0 atom stereocenters. The molecule has 0 bridgehead atoms. The number of alkyl halides is 3. The summed E-state index contributed by atoms with van der Waals surface area (Å²) in [4.78, 5) is 0.735. The lowest BCUT2D eigenvalue weighted by Gasteiger charge is -2.16. The molecule has 0 unspecified atom stereocenters. The van der Waals surface area contributed by atoms with Crippen LogP contribution in [0.3, 0.4) is 0 Å². The van der Waals surface area contributed by atoms with Crippen molar-refractivity contribution in [3.8, 4) is 5.75 Å². The van der Waals surface area contributed by atoms with Crippen molar-refractivity contribution < 1.29 is 23.0 Å². The summed E-state index contributed by atoms with van der Waals surface area (Å²) in [6.45, 7) is 5.94. The third kappa shape index (κ3) is 4.81. The van der Waals surface area contributed by atoms with E-state index in [1.54, 1.807) is 6.08 Å². The van der Waals surface area contributed by atoms with Crippen LogP contribution in [0.1, 0.15) is 44.1 Å². The predicted octanol–water partition coefficient (Wildman–Crippen LogP) is 5.64. The zero-order valence-electron chi connectivity index (χ0n) is 12.3. The molecule has 0 saturated carbocycles. The van der Waals surface area contributed by atoms with Gasteiger partial charge in [-0.1, -0.05) is 26.8 Å². The molecule has 1 N–H and O–H groups in total. The van der Waals surface area contributed by atoms with Crippen LogP contribution in [0.15, 0.2) is 23.3 Å². The minimum atomic E-state index is -4.64. The maximum Gasteiger partial charge on any atom is 0.572 e. The molecule has 2 rings (SSSR count). The van der Waals surface area contributed by atoms with E-state index in [-0.39, 0.29) is 17.9 Å². The third-order valence-electron chi connectivity index (χ3n) is 2.87. The zero-order valence-corrected chi connectivity index (χ0v) is 13.1. The minimum absolute atomic E-state index is 0.0944. The molecule has 21 heavy (non-hydrogen) atoms. The Bertz CT molecular complexity index is 528. The first-order chi connectivity index (χ1) is 9.90. The van der Waals surface area contributed by atoms with Crippen molar-refractivity contribution in [1.29, 1.82) is 0 Å². The SMILES string of the molecule is CC.CCc1csc(C2=CC=C(OC(F)(F)F)CC2)c1O. The highest BCUT2D eigenvalue weighted by molar-refractivity contribution is 7.11. The Morgan fingerprint density at radius 3 is 2.33 bits per heavy atom. The molecule has 0 aliphatic heterocycles. The van der Waals surface area contributed by atoms with Gasteiger partial charge in [-0.2, -0.15) is 0 Å². The number of thiophene rings is 1. The van der Waals surface area contributed by atoms with Crippen molar-refractivity contribution >= 4 is 16.9 Å². The molecule has 0 spiro atoms. The fourth-order valence-electron chi connectivity index (χ4n) is 1.91. The highest BCUT2D eigenvalue weighted by Crippen LogP contribution is 2.39. The van der Waals surface area contributed by atoms with E-state index in [4.69, 9.17) is 0 Å². The first-order valence-electron chi connectivity index (χ1n) is 6.86. The maximum absolute atomic E-state index is 12.1. The van der Waals surface area contributed by atoms with Gasteiger partial charge in [0.05, 0.1) is 4.88 Å². The molecule has 1 aromatic heterocycles. The van der Waals surface area contributed by atoms with Gasteiger partial charge in [-0.05, 0) is 29.9 Å². The second-order valence-electron chi connectivity index (χ2n) is 4.16. The van der Waals surface area contributed by atoms with Gasteiger partial charge in [0, 0.05) is 12.0 Å². The average Bonchev–Trinajstić information content (AvgIpc) is 2.81. The monoisotopic (exact) mass is 320 g/mol. The van der Waals surface area contributed by atoms with Gasteiger partial charge in [0.15, 0.2) is 0 Å². The quantitative estimate of drug-likeness (QED) is 0.781. The summed E-state index contributed by atoms with van der Waals surface area (Å²) in [5.41, 5.74) is 1.71. The summed E-state index contributed by atoms with van der Waals surface area (Å²) < 4.78 is 40.0. The van der Waals surface area contributed by atoms with Crippen molar-refractivity contribution in [2.45, 2.75) is 46.4 Å². The summed E-state index contributed by atoms with van der Waals surface area (Å²) in [5.74, 6) is 0.148. The summed E-state index contributed by atoms with van der Waals surface area (Å²) >= 11 is 1.41. The van der Waals surface area contributed by atoms with Gasteiger partial charge in [0.25, 0.3) is 0 Å². The number of allylic oxidation sites excluding steroid dienone is 4. The fraction of sp³-hybridized carbons (Fsp3) is 0.467. The van der Waals surface area contributed by atoms with E-state index in [0.29, 0.717) is 6.42 Å². The Hall–Kier alpha value is -1.43. The normalized spacial score (nSPS) is 14.8. The molecule has 0 aromatic carbocycles. The maximum atomic E-state index is 12.1. The van der Waals surface area contributed by atoms with Gasteiger partial charge < -0.3 is 9.84 Å². The van der Waals surface area contributed by atoms with E-state index in [1.807, 2.05) is 26.2 Å². The molecule has 1 heterocycles. The fourth-order valence-corrected chi connectivity index (χ4v) is 3.01. The second-order valence-corrected chi connectivity index (χ2v) is 5.04. The average molecular weight is 320 g/mol. The molecule has 1 aliphatic rings. The van der Waals surface area contributed by atoms with Crippen LogP contribution >= 0.6 is 11.3 Å². The Balaban J connectivity index is 0.00000106. The molecular formula is C15H19F3O2S. The van der Waals surface area contributed by atoms with Gasteiger partial charge in [-0.15, -0.1) is 24.5 Å². The lowest BCUT2D eigenvalue weighted by Crippen LogP contribution is -2.13. The number of hydrogen-bond donors (Lipinski definition) is 1. The number of ether oxygens (including phenoxy) is 1. The molecule has 0 fully saturated rings. The van der Waals surface area contributed by atoms with Crippen LogP contribution < -0.4 is 0 Å². The van der Waals surface area contributed by atoms with Crippen LogP contribution in [0.4, 0.5) is 13.2 Å². The summed E-state index contributed by atoms with van der Waals surface area (Å²) in [6.07, 6.45) is -0.401. The van der Waals surface area contributed by atoms with Crippen LogP contribution in [0.2, 0.25) is 0 Å². The van der Waals surface area contributed by atoms with E-state index in [2.05, 4.69) is 4.74 Å². The lowest BCUT2D eigenvalue weighted by atomic mass is 10.0. The van der Waals surface area contributed by atoms with E-state index < -0.39 is 6.36 Å². The molecule has 6 heteroatoms. The molecule has 1 aromatic rings. The van der Waals surface area contributed by atoms with Crippen LogP contribution in [-0.2, 0) is 11.2 Å². The number of hydrogen-bond acceptors (Lipinski definition) is 3. The van der Waals surface area contributed by atoms with Gasteiger partial charge in [-0.3, -0.25) is 0 Å². The van der Waals surface area contributed by atoms with Crippen molar-refractivity contribution in [2.24, 2.45) is 0 Å². The van der Waals surface area contributed by atoms with E-state index in [9.17, 15) is 18.3 Å². The first-order valence-corrected chi connectivity index (χ1v) is 7.74. The highest BCUT2D eigenvalue weighted by atomic mass is 32.1. The molecule has 1 aliphatic carbocycles. The smallest absolute Gasteiger partial charge is 0.506 e. The zero-order chi connectivity index (χ0) is 16.0. The predicted molar refractivity (Wildman–Crippen MR) is 79.1 cm³/mol. The van der Waals surface area contributed by atoms with Crippen molar-refractivity contribution in [3.05, 3.63) is 33.7 Å². The number of rotatable bonds is 3. The van der Waals surface area contributed by atoms with E-state index >= 15 is 0 Å². The van der Waals surface area contributed by atoms with Gasteiger partial charge in [-0.25, -0.2) is 0 Å².